The van der Waals surface area contributed by atoms with Gasteiger partial charge in [-0.1, -0.05) is 19.3 Å². The van der Waals surface area contributed by atoms with Gasteiger partial charge in [-0.25, -0.2) is 9.78 Å². The Balaban J connectivity index is 1.56. The van der Waals surface area contributed by atoms with Gasteiger partial charge in [0.15, 0.2) is 5.13 Å². The number of aryl methyl sites for hydroxylation is 1. The summed E-state index contributed by atoms with van der Waals surface area (Å²) in [6, 6.07) is -0.380. The number of carbonyl (C=O) groups excluding carboxylic acids is 3. The van der Waals surface area contributed by atoms with Crippen molar-refractivity contribution in [2.75, 3.05) is 11.9 Å². The molecular weight excluding hydrogens is 316 g/mol. The molecular formula is C15H20N4O3S. The summed E-state index contributed by atoms with van der Waals surface area (Å²) in [6.07, 6.45) is 4.46. The molecule has 2 fully saturated rings. The molecule has 2 N–H and O–H groups in total. The molecule has 1 aromatic heterocycles. The highest BCUT2D eigenvalue weighted by atomic mass is 32.1. The fourth-order valence-corrected chi connectivity index (χ4v) is 3.88. The van der Waals surface area contributed by atoms with Crippen molar-refractivity contribution >= 4 is 34.3 Å². The first-order valence-corrected chi connectivity index (χ1v) is 8.74. The first-order valence-electron chi connectivity index (χ1n) is 7.86. The molecule has 0 radical (unpaired) electrons. The van der Waals surface area contributed by atoms with Gasteiger partial charge in [-0.3, -0.25) is 14.5 Å². The van der Waals surface area contributed by atoms with Crippen molar-refractivity contribution in [3.05, 3.63) is 11.1 Å². The van der Waals surface area contributed by atoms with E-state index in [1.807, 2.05) is 12.3 Å². The number of aromatic nitrogens is 1. The number of nitrogens with one attached hydrogen (secondary N) is 2. The van der Waals surface area contributed by atoms with Crippen molar-refractivity contribution in [2.45, 2.75) is 51.0 Å². The van der Waals surface area contributed by atoms with Gasteiger partial charge in [-0.05, 0) is 19.8 Å². The van der Waals surface area contributed by atoms with E-state index in [0.717, 1.165) is 25.0 Å². The number of amides is 4. The lowest BCUT2D eigenvalue weighted by atomic mass is 9.82. The van der Waals surface area contributed by atoms with Crippen LogP contribution >= 0.6 is 11.3 Å². The van der Waals surface area contributed by atoms with Crippen molar-refractivity contribution in [2.24, 2.45) is 0 Å². The minimum atomic E-state index is -0.724. The quantitative estimate of drug-likeness (QED) is 0.823. The maximum Gasteiger partial charge on any atom is 0.325 e. The van der Waals surface area contributed by atoms with Gasteiger partial charge in [0.1, 0.15) is 5.54 Å². The molecule has 0 bridgehead atoms. The average molecular weight is 336 g/mol. The van der Waals surface area contributed by atoms with Crippen LogP contribution in [0, 0.1) is 6.92 Å². The number of imide groups is 1. The number of thiazole rings is 1. The predicted octanol–water partition coefficient (Wildman–Crippen LogP) is 2.03. The molecule has 0 atom stereocenters. The SMILES string of the molecule is Cc1csc(NC(=O)CCN2C(=O)NC3(CCCCC3)C2=O)n1. The fourth-order valence-electron chi connectivity index (χ4n) is 3.18. The van der Waals surface area contributed by atoms with Gasteiger partial charge in [-0.2, -0.15) is 0 Å². The van der Waals surface area contributed by atoms with Crippen molar-refractivity contribution in [1.82, 2.24) is 15.2 Å². The second-order valence-electron chi connectivity index (χ2n) is 6.12. The van der Waals surface area contributed by atoms with Gasteiger partial charge in [0, 0.05) is 18.3 Å². The molecule has 124 valence electrons. The second kappa shape index (κ2) is 6.27. The van der Waals surface area contributed by atoms with Gasteiger partial charge in [0.2, 0.25) is 5.91 Å². The maximum atomic E-state index is 12.6. The van der Waals surface area contributed by atoms with Gasteiger partial charge >= 0.3 is 6.03 Å². The molecule has 0 unspecified atom stereocenters. The lowest BCUT2D eigenvalue weighted by Crippen LogP contribution is -2.48. The average Bonchev–Trinajstić information content (AvgIpc) is 3.01. The van der Waals surface area contributed by atoms with Crippen molar-refractivity contribution in [1.29, 1.82) is 0 Å². The Hall–Kier alpha value is -1.96. The number of urea groups is 1. The fraction of sp³-hybridized carbons (Fsp3) is 0.600. The summed E-state index contributed by atoms with van der Waals surface area (Å²) in [5.74, 6) is -0.426. The predicted molar refractivity (Wildman–Crippen MR) is 86.2 cm³/mol. The molecule has 3 rings (SSSR count). The molecule has 1 aliphatic carbocycles. The molecule has 2 heterocycles. The summed E-state index contributed by atoms with van der Waals surface area (Å²) in [5.41, 5.74) is 0.122. The lowest BCUT2D eigenvalue weighted by molar-refractivity contribution is -0.132. The third-order valence-corrected chi connectivity index (χ3v) is 5.26. The second-order valence-corrected chi connectivity index (χ2v) is 6.98. The minimum Gasteiger partial charge on any atom is -0.323 e. The van der Waals surface area contributed by atoms with Gasteiger partial charge in [0.25, 0.3) is 5.91 Å². The summed E-state index contributed by atoms with van der Waals surface area (Å²) >= 11 is 1.35. The van der Waals surface area contributed by atoms with E-state index < -0.39 is 5.54 Å². The normalized spacial score (nSPS) is 20.0. The molecule has 4 amide bonds. The van der Waals surface area contributed by atoms with Gasteiger partial charge in [-0.15, -0.1) is 11.3 Å². The van der Waals surface area contributed by atoms with Crippen LogP contribution in [0.1, 0.15) is 44.2 Å². The molecule has 1 spiro atoms. The molecule has 0 aromatic carbocycles. The maximum absolute atomic E-state index is 12.6. The number of hydrogen-bond acceptors (Lipinski definition) is 5. The van der Waals surface area contributed by atoms with Crippen LogP contribution in [0.3, 0.4) is 0 Å². The van der Waals surface area contributed by atoms with E-state index in [9.17, 15) is 14.4 Å². The Morgan fingerprint density at radius 1 is 1.39 bits per heavy atom. The highest BCUT2D eigenvalue weighted by Gasteiger charge is 2.50. The van der Waals surface area contributed by atoms with E-state index in [1.54, 1.807) is 0 Å². The molecule has 8 heteroatoms. The van der Waals surface area contributed by atoms with E-state index >= 15 is 0 Å². The molecule has 1 aromatic rings. The Morgan fingerprint density at radius 2 is 2.13 bits per heavy atom. The van der Waals surface area contributed by atoms with Crippen LogP contribution in [-0.4, -0.2) is 39.8 Å². The van der Waals surface area contributed by atoms with Crippen LogP contribution in [0.2, 0.25) is 0 Å². The third kappa shape index (κ3) is 3.21. The van der Waals surface area contributed by atoms with Crippen LogP contribution in [0.5, 0.6) is 0 Å². The summed E-state index contributed by atoms with van der Waals surface area (Å²) in [5, 5.41) is 7.91. The molecule has 2 aliphatic rings. The van der Waals surface area contributed by atoms with E-state index in [0.29, 0.717) is 18.0 Å². The zero-order valence-electron chi connectivity index (χ0n) is 13.1. The van der Waals surface area contributed by atoms with E-state index in [-0.39, 0.29) is 30.8 Å². The standard InChI is InChI=1S/C15H20N4O3S/c1-10-9-23-13(16-10)17-11(20)5-8-19-12(21)15(18-14(19)22)6-3-2-4-7-15/h9H,2-8H2,1H3,(H,18,22)(H,16,17,20). The number of carbonyl (C=O) groups is 3. The summed E-state index contributed by atoms with van der Waals surface area (Å²) in [6.45, 7) is 1.95. The lowest BCUT2D eigenvalue weighted by Gasteiger charge is -2.30. The summed E-state index contributed by atoms with van der Waals surface area (Å²) in [4.78, 5) is 41.9. The molecule has 1 aliphatic heterocycles. The first-order chi connectivity index (χ1) is 11.0. The van der Waals surface area contributed by atoms with Crippen LogP contribution < -0.4 is 10.6 Å². The summed E-state index contributed by atoms with van der Waals surface area (Å²) < 4.78 is 0. The number of nitrogens with zero attached hydrogens (tertiary/aromatic N) is 2. The Bertz CT molecular complexity index is 636. The van der Waals surface area contributed by atoms with Crippen molar-refractivity contribution < 1.29 is 14.4 Å². The largest absolute Gasteiger partial charge is 0.325 e. The van der Waals surface area contributed by atoms with Crippen molar-refractivity contribution in [3.8, 4) is 0 Å². The van der Waals surface area contributed by atoms with Gasteiger partial charge in [0.05, 0.1) is 5.69 Å². The van der Waals surface area contributed by atoms with Crippen LogP contribution in [0.15, 0.2) is 5.38 Å². The first kappa shape index (κ1) is 15.9. The van der Waals surface area contributed by atoms with E-state index in [2.05, 4.69) is 15.6 Å². The van der Waals surface area contributed by atoms with Crippen molar-refractivity contribution in [3.63, 3.8) is 0 Å². The van der Waals surface area contributed by atoms with Crippen LogP contribution in [0.25, 0.3) is 0 Å². The molecule has 1 saturated carbocycles. The van der Waals surface area contributed by atoms with E-state index in [4.69, 9.17) is 0 Å². The Morgan fingerprint density at radius 3 is 2.78 bits per heavy atom. The monoisotopic (exact) mass is 336 g/mol. The minimum absolute atomic E-state index is 0.0772. The highest BCUT2D eigenvalue weighted by Crippen LogP contribution is 2.33. The number of anilines is 1. The Labute approximate surface area is 138 Å². The number of hydrogen-bond donors (Lipinski definition) is 2. The zero-order chi connectivity index (χ0) is 16.4. The number of rotatable bonds is 4. The highest BCUT2D eigenvalue weighted by molar-refractivity contribution is 7.13. The smallest absolute Gasteiger partial charge is 0.323 e. The van der Waals surface area contributed by atoms with Crippen LogP contribution in [-0.2, 0) is 9.59 Å². The van der Waals surface area contributed by atoms with Gasteiger partial charge < -0.3 is 10.6 Å². The zero-order valence-corrected chi connectivity index (χ0v) is 13.9. The molecule has 23 heavy (non-hydrogen) atoms. The van der Waals surface area contributed by atoms with Crippen LogP contribution in [0.4, 0.5) is 9.93 Å². The van der Waals surface area contributed by atoms with E-state index in [1.165, 1.54) is 16.2 Å². The topological polar surface area (TPSA) is 91.4 Å². The Kier molecular flexibility index (Phi) is 4.34. The molecule has 7 nitrogen and oxygen atoms in total. The third-order valence-electron chi connectivity index (χ3n) is 4.38. The molecule has 1 saturated heterocycles. The summed E-state index contributed by atoms with van der Waals surface area (Å²) in [7, 11) is 0.